The fourth-order valence-corrected chi connectivity index (χ4v) is 1.46. The summed E-state index contributed by atoms with van der Waals surface area (Å²) in [5.74, 6) is 0.0118. The van der Waals surface area contributed by atoms with Gasteiger partial charge in [0.05, 0.1) is 0 Å². The molecule has 86 valence electrons. The van der Waals surface area contributed by atoms with Crippen LogP contribution >= 0.6 is 0 Å². The normalized spacial score (nSPS) is 14.5. The number of carbonyl (C=O) groups is 1. The Morgan fingerprint density at radius 2 is 2.27 bits per heavy atom. The largest absolute Gasteiger partial charge is 0.396 e. The molecule has 0 aromatic rings. The van der Waals surface area contributed by atoms with E-state index in [1.54, 1.807) is 6.08 Å². The summed E-state index contributed by atoms with van der Waals surface area (Å²) in [5, 5.41) is 9.17. The summed E-state index contributed by atoms with van der Waals surface area (Å²) >= 11 is 0. The smallest absolute Gasteiger partial charge is 0.119 e. The van der Waals surface area contributed by atoms with Crippen molar-refractivity contribution in [2.75, 3.05) is 13.3 Å². The van der Waals surface area contributed by atoms with E-state index in [9.17, 15) is 9.18 Å². The first-order valence-electron chi connectivity index (χ1n) is 5.23. The highest BCUT2D eigenvalue weighted by Crippen LogP contribution is 2.18. The van der Waals surface area contributed by atoms with E-state index in [-0.39, 0.29) is 12.5 Å². The SMILES string of the molecule is C/C=C(\C=C/CF)C(CO)CCCC=O. The fraction of sp³-hybridized carbons (Fsp3) is 0.583. The lowest BCUT2D eigenvalue weighted by Gasteiger charge is -2.14. The van der Waals surface area contributed by atoms with Gasteiger partial charge in [-0.25, -0.2) is 4.39 Å². The molecule has 0 amide bonds. The number of carbonyl (C=O) groups excluding carboxylic acids is 1. The second kappa shape index (κ2) is 9.59. The third-order valence-electron chi connectivity index (χ3n) is 2.30. The molecule has 1 N–H and O–H groups in total. The van der Waals surface area contributed by atoms with Crippen molar-refractivity contribution < 1.29 is 14.3 Å². The molecule has 0 spiro atoms. The van der Waals surface area contributed by atoms with Crippen molar-refractivity contribution in [2.24, 2.45) is 5.92 Å². The van der Waals surface area contributed by atoms with Crippen LogP contribution in [0.15, 0.2) is 23.8 Å². The van der Waals surface area contributed by atoms with Crippen molar-refractivity contribution in [2.45, 2.75) is 26.2 Å². The number of aldehydes is 1. The average Bonchev–Trinajstić information content (AvgIpc) is 2.27. The molecule has 15 heavy (non-hydrogen) atoms. The number of hydrogen-bond acceptors (Lipinski definition) is 2. The van der Waals surface area contributed by atoms with Gasteiger partial charge in [0.2, 0.25) is 0 Å². The van der Waals surface area contributed by atoms with Gasteiger partial charge in [-0.05, 0) is 25.3 Å². The maximum Gasteiger partial charge on any atom is 0.119 e. The third-order valence-corrected chi connectivity index (χ3v) is 2.30. The highest BCUT2D eigenvalue weighted by Gasteiger charge is 2.09. The molecule has 0 saturated heterocycles. The molecule has 0 saturated carbocycles. The quantitative estimate of drug-likeness (QED) is 0.383. The number of halogens is 1. The van der Waals surface area contributed by atoms with E-state index in [1.807, 2.05) is 13.0 Å². The summed E-state index contributed by atoms with van der Waals surface area (Å²) in [4.78, 5) is 10.1. The van der Waals surface area contributed by atoms with Crippen LogP contribution in [0.25, 0.3) is 0 Å². The van der Waals surface area contributed by atoms with E-state index in [1.165, 1.54) is 6.08 Å². The molecule has 0 radical (unpaired) electrons. The van der Waals surface area contributed by atoms with E-state index in [2.05, 4.69) is 0 Å². The molecular formula is C12H19FO2. The maximum absolute atomic E-state index is 11.9. The minimum Gasteiger partial charge on any atom is -0.396 e. The molecule has 0 rings (SSSR count). The van der Waals surface area contributed by atoms with Gasteiger partial charge in [-0.2, -0.15) is 0 Å². The molecule has 0 fully saturated rings. The van der Waals surface area contributed by atoms with Crippen molar-refractivity contribution in [3.8, 4) is 0 Å². The van der Waals surface area contributed by atoms with Gasteiger partial charge < -0.3 is 9.90 Å². The van der Waals surface area contributed by atoms with Crippen LogP contribution in [-0.2, 0) is 4.79 Å². The molecule has 0 aromatic heterocycles. The van der Waals surface area contributed by atoms with Gasteiger partial charge in [0, 0.05) is 18.9 Å². The second-order valence-electron chi connectivity index (χ2n) is 3.32. The second-order valence-corrected chi connectivity index (χ2v) is 3.32. The standard InChI is InChI=1S/C12H19FO2/c1-2-11(7-5-8-13)12(10-15)6-3-4-9-14/h2,5,7,9,12,15H,3-4,6,8,10H2,1H3/b7-5-,11-2+. The Hall–Kier alpha value is -0.960. The highest BCUT2D eigenvalue weighted by atomic mass is 19.1. The third kappa shape index (κ3) is 6.18. The minimum atomic E-state index is -0.496. The first-order valence-corrected chi connectivity index (χ1v) is 5.23. The number of unbranched alkanes of at least 4 members (excludes halogenated alkanes) is 1. The van der Waals surface area contributed by atoms with E-state index < -0.39 is 6.67 Å². The predicted octanol–water partition coefficient (Wildman–Crippen LogP) is 2.44. The zero-order valence-corrected chi connectivity index (χ0v) is 9.16. The van der Waals surface area contributed by atoms with Gasteiger partial charge in [0.25, 0.3) is 0 Å². The maximum atomic E-state index is 11.9. The highest BCUT2D eigenvalue weighted by molar-refractivity contribution is 5.49. The van der Waals surface area contributed by atoms with E-state index in [4.69, 9.17) is 5.11 Å². The Kier molecular flexibility index (Phi) is 8.98. The summed E-state index contributed by atoms with van der Waals surface area (Å²) in [6.45, 7) is 1.40. The van der Waals surface area contributed by atoms with Crippen molar-refractivity contribution in [1.29, 1.82) is 0 Å². The Morgan fingerprint density at radius 1 is 1.53 bits per heavy atom. The number of alkyl halides is 1. The summed E-state index contributed by atoms with van der Waals surface area (Å²) < 4.78 is 11.9. The Balaban J connectivity index is 4.21. The molecule has 2 nitrogen and oxygen atoms in total. The number of aliphatic hydroxyl groups is 1. The van der Waals surface area contributed by atoms with Crippen molar-refractivity contribution in [3.63, 3.8) is 0 Å². The number of hydrogen-bond donors (Lipinski definition) is 1. The van der Waals surface area contributed by atoms with Crippen LogP contribution in [0.5, 0.6) is 0 Å². The molecule has 0 heterocycles. The van der Waals surface area contributed by atoms with Crippen LogP contribution < -0.4 is 0 Å². The summed E-state index contributed by atoms with van der Waals surface area (Å²) in [5.41, 5.74) is 0.932. The number of allylic oxidation sites excluding steroid dienone is 3. The predicted molar refractivity (Wildman–Crippen MR) is 59.4 cm³/mol. The topological polar surface area (TPSA) is 37.3 Å². The van der Waals surface area contributed by atoms with E-state index in [0.717, 1.165) is 24.7 Å². The molecule has 3 heteroatoms. The van der Waals surface area contributed by atoms with Gasteiger partial charge >= 0.3 is 0 Å². The summed E-state index contributed by atoms with van der Waals surface area (Å²) in [6, 6.07) is 0. The number of aliphatic hydroxyl groups excluding tert-OH is 1. The summed E-state index contributed by atoms with van der Waals surface area (Å²) in [6.07, 6.45) is 7.90. The molecular weight excluding hydrogens is 195 g/mol. The zero-order valence-electron chi connectivity index (χ0n) is 9.16. The van der Waals surface area contributed by atoms with E-state index >= 15 is 0 Å². The monoisotopic (exact) mass is 214 g/mol. The molecule has 0 aliphatic carbocycles. The van der Waals surface area contributed by atoms with Crippen LogP contribution in [0.4, 0.5) is 4.39 Å². The lowest BCUT2D eigenvalue weighted by molar-refractivity contribution is -0.108. The first-order chi connectivity index (χ1) is 7.29. The lowest BCUT2D eigenvalue weighted by atomic mass is 9.93. The average molecular weight is 214 g/mol. The molecule has 1 unspecified atom stereocenters. The van der Waals surface area contributed by atoms with Crippen molar-refractivity contribution >= 4 is 6.29 Å². The van der Waals surface area contributed by atoms with Crippen molar-refractivity contribution in [1.82, 2.24) is 0 Å². The van der Waals surface area contributed by atoms with Gasteiger partial charge in [0.15, 0.2) is 0 Å². The molecule has 0 aliphatic rings. The van der Waals surface area contributed by atoms with Crippen LogP contribution in [0.3, 0.4) is 0 Å². The van der Waals surface area contributed by atoms with Crippen molar-refractivity contribution in [3.05, 3.63) is 23.8 Å². The Labute approximate surface area is 90.5 Å². The Bertz CT molecular complexity index is 222. The minimum absolute atomic E-state index is 0.0118. The van der Waals surface area contributed by atoms with Crippen LogP contribution in [0, 0.1) is 5.92 Å². The van der Waals surface area contributed by atoms with Gasteiger partial charge in [-0.15, -0.1) is 0 Å². The van der Waals surface area contributed by atoms with Gasteiger partial charge in [0.1, 0.15) is 13.0 Å². The zero-order chi connectivity index (χ0) is 11.5. The molecule has 0 aromatic carbocycles. The van der Waals surface area contributed by atoms with Crippen LogP contribution in [-0.4, -0.2) is 24.7 Å². The lowest BCUT2D eigenvalue weighted by Crippen LogP contribution is -2.08. The molecule has 0 aliphatic heterocycles. The van der Waals surface area contributed by atoms with Crippen LogP contribution in [0.2, 0.25) is 0 Å². The fourth-order valence-electron chi connectivity index (χ4n) is 1.46. The Morgan fingerprint density at radius 3 is 2.73 bits per heavy atom. The number of rotatable bonds is 8. The van der Waals surface area contributed by atoms with Crippen LogP contribution in [0.1, 0.15) is 26.2 Å². The van der Waals surface area contributed by atoms with Gasteiger partial charge in [-0.1, -0.05) is 18.2 Å². The molecule has 1 atom stereocenters. The first kappa shape index (κ1) is 14.0. The van der Waals surface area contributed by atoms with Gasteiger partial charge in [-0.3, -0.25) is 0 Å². The van der Waals surface area contributed by atoms with E-state index in [0.29, 0.717) is 6.42 Å². The molecule has 0 bridgehead atoms. The summed E-state index contributed by atoms with van der Waals surface area (Å²) in [7, 11) is 0.